The standard InChI is InChI=1S/C14H19N/c1-12-7-6-8-14(11-12)13(2)15-9-4-3-5-10-15/h6-8,11H,2-5,9-10H2,1H3. The molecule has 0 amide bonds. The van der Waals surface area contributed by atoms with Crippen LogP contribution in [0.5, 0.6) is 0 Å². The lowest BCUT2D eigenvalue weighted by Gasteiger charge is -2.30. The Morgan fingerprint density at radius 3 is 2.60 bits per heavy atom. The third-order valence-electron chi connectivity index (χ3n) is 3.09. The average Bonchev–Trinajstić information content (AvgIpc) is 2.29. The number of likely N-dealkylation sites (tertiary alicyclic amines) is 1. The van der Waals surface area contributed by atoms with Crippen LogP contribution in [0.25, 0.3) is 5.70 Å². The zero-order valence-electron chi connectivity index (χ0n) is 9.50. The Morgan fingerprint density at radius 2 is 1.93 bits per heavy atom. The number of hydrogen-bond acceptors (Lipinski definition) is 1. The van der Waals surface area contributed by atoms with Crippen molar-refractivity contribution >= 4 is 5.70 Å². The normalized spacial score (nSPS) is 16.5. The second kappa shape index (κ2) is 4.52. The summed E-state index contributed by atoms with van der Waals surface area (Å²) in [6, 6.07) is 8.62. The summed E-state index contributed by atoms with van der Waals surface area (Å²) in [7, 11) is 0. The largest absolute Gasteiger partial charge is 0.372 e. The first kappa shape index (κ1) is 10.3. The zero-order valence-corrected chi connectivity index (χ0v) is 9.50. The van der Waals surface area contributed by atoms with Crippen LogP contribution >= 0.6 is 0 Å². The van der Waals surface area contributed by atoms with Crippen molar-refractivity contribution in [2.45, 2.75) is 26.2 Å². The number of aryl methyl sites for hydroxylation is 1. The van der Waals surface area contributed by atoms with Crippen molar-refractivity contribution in [2.75, 3.05) is 13.1 Å². The van der Waals surface area contributed by atoms with Gasteiger partial charge in [-0.15, -0.1) is 0 Å². The molecule has 0 bridgehead atoms. The van der Waals surface area contributed by atoms with E-state index in [1.54, 1.807) is 0 Å². The maximum absolute atomic E-state index is 4.22. The van der Waals surface area contributed by atoms with E-state index in [0.717, 1.165) is 0 Å². The summed E-state index contributed by atoms with van der Waals surface area (Å²) in [4.78, 5) is 2.41. The predicted molar refractivity (Wildman–Crippen MR) is 65.6 cm³/mol. The molecule has 0 radical (unpaired) electrons. The van der Waals surface area contributed by atoms with Crippen LogP contribution in [0.1, 0.15) is 30.4 Å². The topological polar surface area (TPSA) is 3.24 Å². The number of hydrogen-bond donors (Lipinski definition) is 0. The third-order valence-corrected chi connectivity index (χ3v) is 3.09. The minimum absolute atomic E-state index is 1.17. The van der Waals surface area contributed by atoms with E-state index in [1.165, 1.54) is 49.2 Å². The highest BCUT2D eigenvalue weighted by atomic mass is 15.1. The molecule has 1 aromatic carbocycles. The van der Waals surface area contributed by atoms with Crippen LogP contribution < -0.4 is 0 Å². The Balaban J connectivity index is 2.12. The Morgan fingerprint density at radius 1 is 1.20 bits per heavy atom. The summed E-state index contributed by atoms with van der Waals surface area (Å²) in [6.07, 6.45) is 3.99. The van der Waals surface area contributed by atoms with Gasteiger partial charge < -0.3 is 4.90 Å². The van der Waals surface area contributed by atoms with Crippen molar-refractivity contribution in [3.8, 4) is 0 Å². The Kier molecular flexibility index (Phi) is 3.10. The first-order valence-electron chi connectivity index (χ1n) is 5.78. The van der Waals surface area contributed by atoms with Gasteiger partial charge in [0.1, 0.15) is 0 Å². The molecule has 1 fully saturated rings. The van der Waals surface area contributed by atoms with Crippen molar-refractivity contribution in [1.29, 1.82) is 0 Å². The highest BCUT2D eigenvalue weighted by Gasteiger charge is 2.12. The van der Waals surface area contributed by atoms with Crippen LogP contribution in [0.3, 0.4) is 0 Å². The van der Waals surface area contributed by atoms with E-state index in [4.69, 9.17) is 0 Å². The highest BCUT2D eigenvalue weighted by Crippen LogP contribution is 2.22. The molecular formula is C14H19N. The summed E-state index contributed by atoms with van der Waals surface area (Å²) in [5.41, 5.74) is 3.78. The van der Waals surface area contributed by atoms with Crippen LogP contribution in [0.2, 0.25) is 0 Å². The van der Waals surface area contributed by atoms with Gasteiger partial charge in [-0.25, -0.2) is 0 Å². The van der Waals surface area contributed by atoms with Gasteiger partial charge >= 0.3 is 0 Å². The maximum Gasteiger partial charge on any atom is 0.0366 e. The lowest BCUT2D eigenvalue weighted by atomic mass is 10.1. The van der Waals surface area contributed by atoms with E-state index in [2.05, 4.69) is 42.7 Å². The molecule has 0 saturated carbocycles. The molecule has 80 valence electrons. The molecule has 0 aromatic heterocycles. The van der Waals surface area contributed by atoms with Gasteiger partial charge in [-0.3, -0.25) is 0 Å². The molecule has 0 aliphatic carbocycles. The summed E-state index contributed by atoms with van der Waals surface area (Å²) in [6.45, 7) is 8.69. The van der Waals surface area contributed by atoms with Crippen molar-refractivity contribution in [3.05, 3.63) is 42.0 Å². The van der Waals surface area contributed by atoms with E-state index in [1.807, 2.05) is 0 Å². The van der Waals surface area contributed by atoms with Crippen LogP contribution in [0.4, 0.5) is 0 Å². The molecule has 1 saturated heterocycles. The van der Waals surface area contributed by atoms with Gasteiger partial charge in [-0.05, 0) is 37.8 Å². The Bertz CT molecular complexity index is 348. The molecular weight excluding hydrogens is 182 g/mol. The molecule has 0 spiro atoms. The van der Waals surface area contributed by atoms with E-state index in [0.29, 0.717) is 0 Å². The first-order chi connectivity index (χ1) is 7.27. The Hall–Kier alpha value is -1.24. The third kappa shape index (κ3) is 2.41. The molecule has 1 aliphatic rings. The monoisotopic (exact) mass is 201 g/mol. The number of nitrogens with zero attached hydrogens (tertiary/aromatic N) is 1. The molecule has 1 heteroatoms. The van der Waals surface area contributed by atoms with Gasteiger partial charge in [0.05, 0.1) is 0 Å². The van der Waals surface area contributed by atoms with Crippen LogP contribution in [0, 0.1) is 6.92 Å². The average molecular weight is 201 g/mol. The lowest BCUT2D eigenvalue weighted by molar-refractivity contribution is 0.326. The molecule has 15 heavy (non-hydrogen) atoms. The van der Waals surface area contributed by atoms with Crippen LogP contribution in [-0.2, 0) is 0 Å². The SMILES string of the molecule is C=C(c1cccc(C)c1)N1CCCCC1. The van der Waals surface area contributed by atoms with Gasteiger partial charge in [-0.1, -0.05) is 30.3 Å². The minimum atomic E-state index is 1.17. The van der Waals surface area contributed by atoms with E-state index >= 15 is 0 Å². The van der Waals surface area contributed by atoms with Crippen molar-refractivity contribution in [1.82, 2.24) is 4.90 Å². The molecule has 0 unspecified atom stereocenters. The van der Waals surface area contributed by atoms with Crippen LogP contribution in [-0.4, -0.2) is 18.0 Å². The second-order valence-electron chi connectivity index (χ2n) is 4.36. The molecule has 0 N–H and O–H groups in total. The fourth-order valence-corrected chi connectivity index (χ4v) is 2.17. The second-order valence-corrected chi connectivity index (χ2v) is 4.36. The van der Waals surface area contributed by atoms with E-state index < -0.39 is 0 Å². The summed E-state index contributed by atoms with van der Waals surface area (Å²) < 4.78 is 0. The van der Waals surface area contributed by atoms with E-state index in [-0.39, 0.29) is 0 Å². The highest BCUT2D eigenvalue weighted by molar-refractivity contribution is 5.62. The molecule has 2 rings (SSSR count). The predicted octanol–water partition coefficient (Wildman–Crippen LogP) is 3.45. The quantitative estimate of drug-likeness (QED) is 0.708. The molecule has 1 aliphatic heterocycles. The first-order valence-corrected chi connectivity index (χ1v) is 5.78. The van der Waals surface area contributed by atoms with Gasteiger partial charge in [0.15, 0.2) is 0 Å². The van der Waals surface area contributed by atoms with Crippen molar-refractivity contribution in [3.63, 3.8) is 0 Å². The summed E-state index contributed by atoms with van der Waals surface area (Å²) in [5, 5.41) is 0. The van der Waals surface area contributed by atoms with Gasteiger partial charge in [0.2, 0.25) is 0 Å². The molecule has 1 nitrogen and oxygen atoms in total. The van der Waals surface area contributed by atoms with Crippen LogP contribution in [0.15, 0.2) is 30.8 Å². The lowest BCUT2D eigenvalue weighted by Crippen LogP contribution is -2.27. The smallest absolute Gasteiger partial charge is 0.0366 e. The number of benzene rings is 1. The molecule has 0 atom stereocenters. The van der Waals surface area contributed by atoms with Gasteiger partial charge in [0, 0.05) is 18.8 Å². The fourth-order valence-electron chi connectivity index (χ4n) is 2.17. The van der Waals surface area contributed by atoms with Gasteiger partial charge in [-0.2, -0.15) is 0 Å². The summed E-state index contributed by atoms with van der Waals surface area (Å²) in [5.74, 6) is 0. The number of rotatable bonds is 2. The maximum atomic E-state index is 4.22. The summed E-state index contributed by atoms with van der Waals surface area (Å²) >= 11 is 0. The van der Waals surface area contributed by atoms with Crippen molar-refractivity contribution < 1.29 is 0 Å². The minimum Gasteiger partial charge on any atom is -0.372 e. The van der Waals surface area contributed by atoms with E-state index in [9.17, 15) is 0 Å². The number of piperidine rings is 1. The molecule has 1 heterocycles. The van der Waals surface area contributed by atoms with Crippen molar-refractivity contribution in [2.24, 2.45) is 0 Å². The van der Waals surface area contributed by atoms with Gasteiger partial charge in [0.25, 0.3) is 0 Å². The molecule has 1 aromatic rings. The Labute approximate surface area is 92.4 Å². The zero-order chi connectivity index (χ0) is 10.7. The fraction of sp³-hybridized carbons (Fsp3) is 0.429.